The maximum atomic E-state index is 14.4. The van der Waals surface area contributed by atoms with Crippen LogP contribution in [0.1, 0.15) is 67.7 Å². The second-order valence-corrected chi connectivity index (χ2v) is 10.2. The Hall–Kier alpha value is -3.34. The Balaban J connectivity index is 1.40. The highest BCUT2D eigenvalue weighted by Gasteiger charge is 2.36. The van der Waals surface area contributed by atoms with Crippen molar-refractivity contribution in [1.29, 1.82) is 0 Å². The van der Waals surface area contributed by atoms with E-state index in [1.807, 2.05) is 31.2 Å². The number of ether oxygens (including phenoxy) is 2. The Kier molecular flexibility index (Phi) is 6.99. The van der Waals surface area contributed by atoms with Gasteiger partial charge < -0.3 is 14.6 Å². The molecule has 0 radical (unpaired) electrons. The van der Waals surface area contributed by atoms with Crippen LogP contribution in [-0.2, 0) is 11.2 Å². The standard InChI is InChI=1S/C31H33FO4/c1-19(31(33)34)30(23-6-3-7-23)24-14-13-21-5-4-8-28(36-29(21)17-24)22-11-9-20(10-12-22)26-18-25(35-2)15-16-27(26)32/h9-19,23,28,30H,3-8H2,1-2H3,(H,33,34)/t19-,28?,30-/m0/s1. The van der Waals surface area contributed by atoms with Gasteiger partial charge in [-0.1, -0.05) is 49.7 Å². The van der Waals surface area contributed by atoms with Crippen LogP contribution in [0, 0.1) is 17.7 Å². The van der Waals surface area contributed by atoms with Crippen molar-refractivity contribution in [1.82, 2.24) is 0 Å². The number of hydrogen-bond acceptors (Lipinski definition) is 3. The van der Waals surface area contributed by atoms with Crippen molar-refractivity contribution < 1.29 is 23.8 Å². The van der Waals surface area contributed by atoms with E-state index < -0.39 is 11.9 Å². The summed E-state index contributed by atoms with van der Waals surface area (Å²) in [5.41, 5.74) is 4.59. The fraction of sp³-hybridized carbons (Fsp3) is 0.387. The molecule has 2 aliphatic rings. The topological polar surface area (TPSA) is 55.8 Å². The van der Waals surface area contributed by atoms with Gasteiger partial charge in [-0.25, -0.2) is 4.39 Å². The minimum Gasteiger partial charge on any atom is -0.497 e. The molecule has 36 heavy (non-hydrogen) atoms. The summed E-state index contributed by atoms with van der Waals surface area (Å²) >= 11 is 0. The monoisotopic (exact) mass is 488 g/mol. The first-order valence-electron chi connectivity index (χ1n) is 12.9. The average molecular weight is 489 g/mol. The van der Waals surface area contributed by atoms with Crippen molar-refractivity contribution in [2.75, 3.05) is 7.11 Å². The van der Waals surface area contributed by atoms with Gasteiger partial charge in [-0.15, -0.1) is 0 Å². The molecule has 0 bridgehead atoms. The average Bonchev–Trinajstić information content (AvgIpc) is 3.08. The number of fused-ring (bicyclic) bond motifs is 1. The Morgan fingerprint density at radius 1 is 1.03 bits per heavy atom. The molecular formula is C31H33FO4. The summed E-state index contributed by atoms with van der Waals surface area (Å²) in [6, 6.07) is 19.0. The maximum absolute atomic E-state index is 14.4. The molecule has 0 saturated heterocycles. The minimum atomic E-state index is -0.742. The normalized spacial score (nSPS) is 19.2. The molecule has 0 amide bonds. The zero-order valence-corrected chi connectivity index (χ0v) is 20.9. The fourth-order valence-electron chi connectivity index (χ4n) is 5.67. The lowest BCUT2D eigenvalue weighted by atomic mass is 9.68. The van der Waals surface area contributed by atoms with E-state index in [-0.39, 0.29) is 17.8 Å². The zero-order valence-electron chi connectivity index (χ0n) is 20.9. The quantitative estimate of drug-likeness (QED) is 0.373. The molecule has 5 rings (SSSR count). The summed E-state index contributed by atoms with van der Waals surface area (Å²) < 4.78 is 26.3. The summed E-state index contributed by atoms with van der Waals surface area (Å²) in [7, 11) is 1.57. The number of aryl methyl sites for hydroxylation is 1. The van der Waals surface area contributed by atoms with Gasteiger partial charge in [0.05, 0.1) is 13.0 Å². The van der Waals surface area contributed by atoms with Gasteiger partial charge >= 0.3 is 5.97 Å². The van der Waals surface area contributed by atoms with Crippen LogP contribution in [0.3, 0.4) is 0 Å². The molecule has 1 aliphatic carbocycles. The van der Waals surface area contributed by atoms with Gasteiger partial charge in [0.25, 0.3) is 0 Å². The fourth-order valence-corrected chi connectivity index (χ4v) is 5.67. The molecule has 3 aromatic carbocycles. The van der Waals surface area contributed by atoms with Gasteiger partial charge in [-0.3, -0.25) is 4.79 Å². The number of aliphatic carboxylic acids is 1. The molecule has 4 nitrogen and oxygen atoms in total. The number of benzene rings is 3. The Morgan fingerprint density at radius 3 is 2.47 bits per heavy atom. The number of rotatable bonds is 7. The molecule has 1 saturated carbocycles. The van der Waals surface area contributed by atoms with Crippen molar-refractivity contribution in [3.8, 4) is 22.6 Å². The molecule has 0 aromatic heterocycles. The van der Waals surface area contributed by atoms with Crippen molar-refractivity contribution in [3.05, 3.63) is 83.2 Å². The van der Waals surface area contributed by atoms with E-state index in [1.54, 1.807) is 19.2 Å². The van der Waals surface area contributed by atoms with Crippen molar-refractivity contribution in [2.45, 2.75) is 57.5 Å². The SMILES string of the molecule is COc1ccc(F)c(-c2ccc(C3CCCc4ccc([C@H](C5CCC5)[C@H](C)C(=O)O)cc4O3)cc2)c1. The van der Waals surface area contributed by atoms with Crippen LogP contribution in [0.15, 0.2) is 60.7 Å². The molecule has 1 unspecified atom stereocenters. The number of methoxy groups -OCH3 is 1. The van der Waals surface area contributed by atoms with Crippen LogP contribution >= 0.6 is 0 Å². The van der Waals surface area contributed by atoms with Crippen LogP contribution in [0.2, 0.25) is 0 Å². The van der Waals surface area contributed by atoms with E-state index in [9.17, 15) is 14.3 Å². The van der Waals surface area contributed by atoms with E-state index in [2.05, 4.69) is 18.2 Å². The summed E-state index contributed by atoms with van der Waals surface area (Å²) in [6.07, 6.45) is 6.06. The van der Waals surface area contributed by atoms with E-state index in [0.29, 0.717) is 17.2 Å². The van der Waals surface area contributed by atoms with Gasteiger partial charge in [0.1, 0.15) is 23.4 Å². The first-order chi connectivity index (χ1) is 17.4. The molecule has 1 N–H and O–H groups in total. The molecule has 188 valence electrons. The number of carboxylic acid groups (broad SMARTS) is 1. The zero-order chi connectivity index (χ0) is 25.2. The Bertz CT molecular complexity index is 1230. The van der Waals surface area contributed by atoms with Crippen molar-refractivity contribution in [2.24, 2.45) is 11.8 Å². The lowest BCUT2D eigenvalue weighted by Crippen LogP contribution is -2.29. The lowest BCUT2D eigenvalue weighted by molar-refractivity contribution is -0.142. The van der Waals surface area contributed by atoms with E-state index >= 15 is 0 Å². The molecule has 1 heterocycles. The summed E-state index contributed by atoms with van der Waals surface area (Å²) in [6.45, 7) is 1.83. The van der Waals surface area contributed by atoms with Crippen LogP contribution in [0.5, 0.6) is 11.5 Å². The van der Waals surface area contributed by atoms with Gasteiger partial charge in [0.15, 0.2) is 0 Å². The summed E-state index contributed by atoms with van der Waals surface area (Å²) in [4.78, 5) is 11.9. The van der Waals surface area contributed by atoms with Crippen LogP contribution in [0.4, 0.5) is 4.39 Å². The minimum absolute atomic E-state index is 0.00361. The number of carboxylic acids is 1. The second-order valence-electron chi connectivity index (χ2n) is 10.2. The maximum Gasteiger partial charge on any atom is 0.306 e. The van der Waals surface area contributed by atoms with Crippen molar-refractivity contribution >= 4 is 5.97 Å². The molecule has 1 fully saturated rings. The molecule has 3 atom stereocenters. The molecule has 1 aliphatic heterocycles. The molecule has 3 aromatic rings. The first-order valence-corrected chi connectivity index (χ1v) is 12.9. The van der Waals surface area contributed by atoms with E-state index in [0.717, 1.165) is 54.5 Å². The highest BCUT2D eigenvalue weighted by molar-refractivity contribution is 5.71. The summed E-state index contributed by atoms with van der Waals surface area (Å²) in [5, 5.41) is 9.75. The lowest BCUT2D eigenvalue weighted by Gasteiger charge is -2.36. The predicted octanol–water partition coefficient (Wildman–Crippen LogP) is 7.56. The van der Waals surface area contributed by atoms with Gasteiger partial charge in [-0.2, -0.15) is 0 Å². The third kappa shape index (κ3) is 4.84. The van der Waals surface area contributed by atoms with E-state index in [4.69, 9.17) is 9.47 Å². The van der Waals surface area contributed by atoms with Crippen molar-refractivity contribution in [3.63, 3.8) is 0 Å². The smallest absolute Gasteiger partial charge is 0.306 e. The van der Waals surface area contributed by atoms with Gasteiger partial charge in [0.2, 0.25) is 0 Å². The third-order valence-electron chi connectivity index (χ3n) is 8.01. The molecule has 0 spiro atoms. The van der Waals surface area contributed by atoms with E-state index in [1.165, 1.54) is 18.1 Å². The van der Waals surface area contributed by atoms with Gasteiger partial charge in [0, 0.05) is 5.56 Å². The third-order valence-corrected chi connectivity index (χ3v) is 8.01. The van der Waals surface area contributed by atoms with Crippen LogP contribution in [0.25, 0.3) is 11.1 Å². The van der Waals surface area contributed by atoms with Crippen LogP contribution in [-0.4, -0.2) is 18.2 Å². The Morgan fingerprint density at radius 2 is 1.81 bits per heavy atom. The van der Waals surface area contributed by atoms with Gasteiger partial charge in [-0.05, 0) is 90.5 Å². The Labute approximate surface area is 212 Å². The summed E-state index contributed by atoms with van der Waals surface area (Å²) in [5.74, 6) is 0.441. The highest BCUT2D eigenvalue weighted by atomic mass is 19.1. The number of hydrogen-bond donors (Lipinski definition) is 1. The predicted molar refractivity (Wildman–Crippen MR) is 138 cm³/mol. The van der Waals surface area contributed by atoms with Crippen LogP contribution < -0.4 is 9.47 Å². The molecular weight excluding hydrogens is 455 g/mol. The second kappa shape index (κ2) is 10.3. The number of carbonyl (C=O) groups is 1. The molecule has 5 heteroatoms. The largest absolute Gasteiger partial charge is 0.497 e. The first kappa shape index (κ1) is 24.4. The highest BCUT2D eigenvalue weighted by Crippen LogP contribution is 2.45. The number of halogens is 1.